The summed E-state index contributed by atoms with van der Waals surface area (Å²) >= 11 is 1.19. The Balaban J connectivity index is 1.99. The quantitative estimate of drug-likeness (QED) is 0.785. The number of amides is 1. The van der Waals surface area contributed by atoms with Crippen molar-refractivity contribution in [3.8, 4) is 0 Å². The number of anilines is 1. The minimum atomic E-state index is -0.477. The van der Waals surface area contributed by atoms with Gasteiger partial charge in [0.05, 0.1) is 5.69 Å². The van der Waals surface area contributed by atoms with Crippen LogP contribution in [0.1, 0.15) is 32.8 Å². The van der Waals surface area contributed by atoms with Crippen LogP contribution in [0.4, 0.5) is 5.69 Å². The Labute approximate surface area is 147 Å². The van der Waals surface area contributed by atoms with Crippen LogP contribution >= 0.6 is 11.8 Å². The SMILES string of the molecule is CC(C)(C)C(=O)Nc1ccccc1SC(=O)CCc1ccccc1. The van der Waals surface area contributed by atoms with E-state index in [1.165, 1.54) is 11.8 Å². The van der Waals surface area contributed by atoms with E-state index in [1.54, 1.807) is 0 Å². The van der Waals surface area contributed by atoms with Gasteiger partial charge in [0, 0.05) is 16.7 Å². The standard InChI is InChI=1S/C20H23NO2S/c1-20(2,3)19(23)21-16-11-7-8-12-17(16)24-18(22)14-13-15-9-5-4-6-10-15/h4-12H,13-14H2,1-3H3,(H,21,23). The Hall–Kier alpha value is -2.07. The number of hydrogen-bond donors (Lipinski definition) is 1. The maximum Gasteiger partial charge on any atom is 0.229 e. The summed E-state index contributed by atoms with van der Waals surface area (Å²) < 4.78 is 0. The molecule has 2 rings (SSSR count). The van der Waals surface area contributed by atoms with Crippen LogP contribution in [0.15, 0.2) is 59.5 Å². The number of rotatable bonds is 5. The zero-order valence-electron chi connectivity index (χ0n) is 14.3. The third-order valence-corrected chi connectivity index (χ3v) is 4.51. The van der Waals surface area contributed by atoms with E-state index < -0.39 is 5.41 Å². The van der Waals surface area contributed by atoms with Crippen molar-refractivity contribution in [2.24, 2.45) is 5.41 Å². The van der Waals surface area contributed by atoms with E-state index >= 15 is 0 Å². The number of aryl methyl sites for hydroxylation is 1. The Morgan fingerprint density at radius 2 is 1.58 bits per heavy atom. The number of benzene rings is 2. The molecule has 2 aromatic carbocycles. The van der Waals surface area contributed by atoms with Crippen LogP contribution in [0.25, 0.3) is 0 Å². The van der Waals surface area contributed by atoms with Crippen LogP contribution in [-0.2, 0) is 16.0 Å². The van der Waals surface area contributed by atoms with Gasteiger partial charge in [0.2, 0.25) is 5.91 Å². The van der Waals surface area contributed by atoms with E-state index in [2.05, 4.69) is 5.32 Å². The maximum absolute atomic E-state index is 12.3. The van der Waals surface area contributed by atoms with Gasteiger partial charge in [0.15, 0.2) is 5.12 Å². The molecule has 0 aliphatic carbocycles. The monoisotopic (exact) mass is 341 g/mol. The highest BCUT2D eigenvalue weighted by molar-refractivity contribution is 8.13. The minimum Gasteiger partial charge on any atom is -0.325 e. The molecule has 0 unspecified atom stereocenters. The normalized spacial score (nSPS) is 11.1. The molecule has 0 fully saturated rings. The van der Waals surface area contributed by atoms with Crippen LogP contribution in [0.3, 0.4) is 0 Å². The summed E-state index contributed by atoms with van der Waals surface area (Å²) in [7, 11) is 0. The van der Waals surface area contributed by atoms with Gasteiger partial charge in [-0.25, -0.2) is 0 Å². The van der Waals surface area contributed by atoms with E-state index in [4.69, 9.17) is 0 Å². The first-order chi connectivity index (χ1) is 11.4. The fourth-order valence-corrected chi connectivity index (χ4v) is 2.86. The zero-order chi connectivity index (χ0) is 17.6. The van der Waals surface area contributed by atoms with Crippen molar-refractivity contribution in [2.45, 2.75) is 38.5 Å². The molecular formula is C20H23NO2S. The second-order valence-corrected chi connectivity index (χ2v) is 7.76. The first kappa shape index (κ1) is 18.3. The molecule has 4 heteroatoms. The minimum absolute atomic E-state index is 0.0627. The van der Waals surface area contributed by atoms with E-state index in [0.29, 0.717) is 12.1 Å². The molecule has 0 heterocycles. The highest BCUT2D eigenvalue weighted by Crippen LogP contribution is 2.30. The predicted octanol–water partition coefficient (Wildman–Crippen LogP) is 4.92. The van der Waals surface area contributed by atoms with Crippen LogP contribution in [0.2, 0.25) is 0 Å². The summed E-state index contributed by atoms with van der Waals surface area (Å²) in [5, 5.41) is 3.01. The third-order valence-electron chi connectivity index (χ3n) is 3.50. The average Bonchev–Trinajstić information content (AvgIpc) is 2.55. The van der Waals surface area contributed by atoms with Gasteiger partial charge in [-0.05, 0) is 35.9 Å². The third kappa shape index (κ3) is 5.53. The van der Waals surface area contributed by atoms with E-state index in [9.17, 15) is 9.59 Å². The predicted molar refractivity (Wildman–Crippen MR) is 100 cm³/mol. The number of hydrogen-bond acceptors (Lipinski definition) is 3. The Bertz CT molecular complexity index is 705. The highest BCUT2D eigenvalue weighted by Gasteiger charge is 2.22. The van der Waals surface area contributed by atoms with Crippen molar-refractivity contribution in [3.05, 3.63) is 60.2 Å². The first-order valence-corrected chi connectivity index (χ1v) is 8.83. The Kier molecular flexibility index (Phi) is 6.21. The Morgan fingerprint density at radius 3 is 2.25 bits per heavy atom. The number of para-hydroxylation sites is 1. The second-order valence-electron chi connectivity index (χ2n) is 6.66. The van der Waals surface area contributed by atoms with E-state index in [-0.39, 0.29) is 11.0 Å². The van der Waals surface area contributed by atoms with Gasteiger partial charge in [-0.1, -0.05) is 63.2 Å². The molecule has 0 aliphatic heterocycles. The summed E-state index contributed by atoms with van der Waals surface area (Å²) in [6.07, 6.45) is 1.19. The molecular weight excluding hydrogens is 318 g/mol. The summed E-state index contributed by atoms with van der Waals surface area (Å²) in [5.41, 5.74) is 1.37. The molecule has 1 amide bonds. The van der Waals surface area contributed by atoms with Gasteiger partial charge in [-0.2, -0.15) is 0 Å². The topological polar surface area (TPSA) is 46.2 Å². The fourth-order valence-electron chi connectivity index (χ4n) is 2.03. The molecule has 0 saturated carbocycles. The molecule has 3 nitrogen and oxygen atoms in total. The first-order valence-electron chi connectivity index (χ1n) is 8.01. The largest absolute Gasteiger partial charge is 0.325 e. The van der Waals surface area contributed by atoms with Gasteiger partial charge >= 0.3 is 0 Å². The molecule has 0 saturated heterocycles. The lowest BCUT2D eigenvalue weighted by atomic mass is 9.95. The maximum atomic E-state index is 12.3. The van der Waals surface area contributed by atoms with Gasteiger partial charge in [-0.3, -0.25) is 9.59 Å². The lowest BCUT2D eigenvalue weighted by molar-refractivity contribution is -0.123. The fraction of sp³-hybridized carbons (Fsp3) is 0.300. The lowest BCUT2D eigenvalue weighted by Crippen LogP contribution is -2.27. The molecule has 0 bridgehead atoms. The summed E-state index contributed by atoms with van der Waals surface area (Å²) in [6, 6.07) is 17.4. The van der Waals surface area contributed by atoms with Gasteiger partial charge in [0.25, 0.3) is 0 Å². The molecule has 0 aromatic heterocycles. The lowest BCUT2D eigenvalue weighted by Gasteiger charge is -2.19. The molecule has 0 spiro atoms. The number of carbonyl (C=O) groups excluding carboxylic acids is 2. The molecule has 0 atom stereocenters. The van der Waals surface area contributed by atoms with Crippen molar-refractivity contribution in [2.75, 3.05) is 5.32 Å². The van der Waals surface area contributed by atoms with Crippen molar-refractivity contribution in [1.82, 2.24) is 0 Å². The van der Waals surface area contributed by atoms with Crippen LogP contribution in [0.5, 0.6) is 0 Å². The van der Waals surface area contributed by atoms with Crippen molar-refractivity contribution < 1.29 is 9.59 Å². The van der Waals surface area contributed by atoms with Gasteiger partial charge < -0.3 is 5.32 Å². The number of thioether (sulfide) groups is 1. The van der Waals surface area contributed by atoms with Gasteiger partial charge in [0.1, 0.15) is 0 Å². The summed E-state index contributed by atoms with van der Waals surface area (Å²) in [4.78, 5) is 25.2. The molecule has 126 valence electrons. The molecule has 0 radical (unpaired) electrons. The average molecular weight is 341 g/mol. The molecule has 24 heavy (non-hydrogen) atoms. The molecule has 1 N–H and O–H groups in total. The van der Waals surface area contributed by atoms with E-state index in [0.717, 1.165) is 16.9 Å². The number of carbonyl (C=O) groups is 2. The van der Waals surface area contributed by atoms with Gasteiger partial charge in [-0.15, -0.1) is 0 Å². The molecule has 0 aliphatic rings. The summed E-state index contributed by atoms with van der Waals surface area (Å²) in [6.45, 7) is 5.59. The van der Waals surface area contributed by atoms with Crippen molar-refractivity contribution >= 4 is 28.5 Å². The zero-order valence-corrected chi connectivity index (χ0v) is 15.2. The smallest absolute Gasteiger partial charge is 0.229 e. The highest BCUT2D eigenvalue weighted by atomic mass is 32.2. The second kappa shape index (κ2) is 8.15. The Morgan fingerprint density at radius 1 is 0.958 bits per heavy atom. The van der Waals surface area contributed by atoms with Crippen molar-refractivity contribution in [3.63, 3.8) is 0 Å². The van der Waals surface area contributed by atoms with E-state index in [1.807, 2.05) is 75.4 Å². The van der Waals surface area contributed by atoms with Crippen LogP contribution in [0, 0.1) is 5.41 Å². The van der Waals surface area contributed by atoms with Crippen LogP contribution < -0.4 is 5.32 Å². The van der Waals surface area contributed by atoms with Crippen LogP contribution in [-0.4, -0.2) is 11.0 Å². The number of nitrogens with one attached hydrogen (secondary N) is 1. The summed E-state index contributed by atoms with van der Waals surface area (Å²) in [5.74, 6) is -0.0627. The molecule has 2 aromatic rings. The van der Waals surface area contributed by atoms with Crippen molar-refractivity contribution in [1.29, 1.82) is 0 Å².